The van der Waals surface area contributed by atoms with E-state index in [-0.39, 0.29) is 28.4 Å². The average Bonchev–Trinajstić information content (AvgIpc) is 3.55. The highest BCUT2D eigenvalue weighted by atomic mass is 28.4. The molecule has 0 bridgehead atoms. The highest BCUT2D eigenvalue weighted by Gasteiger charge is 2.69. The minimum Gasteiger partial charge on any atom is -0.458 e. The largest absolute Gasteiger partial charge is 0.458 e. The van der Waals surface area contributed by atoms with Gasteiger partial charge in [0.15, 0.2) is 0 Å². The summed E-state index contributed by atoms with van der Waals surface area (Å²) in [7, 11) is -2.69. The normalized spacial score (nSPS) is 25.7. The lowest BCUT2D eigenvalue weighted by molar-refractivity contribution is 0.0199. The number of esters is 1. The number of hydrogen-bond acceptors (Lipinski definition) is 4. The zero-order valence-electron chi connectivity index (χ0n) is 20.7. The number of ether oxygens (including phenoxy) is 1. The summed E-state index contributed by atoms with van der Waals surface area (Å²) in [4.78, 5) is 12.7. The Morgan fingerprint density at radius 2 is 1.43 bits per heavy atom. The summed E-state index contributed by atoms with van der Waals surface area (Å²) in [5.41, 5.74) is 0.193. The molecule has 4 atom stereocenters. The van der Waals surface area contributed by atoms with Crippen LogP contribution in [0.3, 0.4) is 0 Å². The van der Waals surface area contributed by atoms with E-state index in [1.54, 1.807) is 12.1 Å². The molecule has 0 amide bonds. The first-order chi connectivity index (χ1) is 16.8. The molecule has 2 aliphatic carbocycles. The molecule has 2 saturated carbocycles. The predicted molar refractivity (Wildman–Crippen MR) is 140 cm³/mol. The second-order valence-corrected chi connectivity index (χ2v) is 15.4. The molecule has 2 fully saturated rings. The fraction of sp³-hybridized carbons (Fsp3) is 0.367. The van der Waals surface area contributed by atoms with Gasteiger partial charge >= 0.3 is 5.97 Å². The third-order valence-electron chi connectivity index (χ3n) is 7.99. The van der Waals surface area contributed by atoms with Crippen LogP contribution >= 0.6 is 0 Å². The van der Waals surface area contributed by atoms with Crippen molar-refractivity contribution in [2.45, 2.75) is 50.9 Å². The van der Waals surface area contributed by atoms with E-state index >= 15 is 0 Å². The first kappa shape index (κ1) is 24.0. The van der Waals surface area contributed by atoms with Gasteiger partial charge < -0.3 is 14.3 Å². The molecule has 0 aliphatic heterocycles. The van der Waals surface area contributed by atoms with Crippen molar-refractivity contribution in [2.24, 2.45) is 11.3 Å². The monoisotopic (exact) mass is 486 g/mol. The molecule has 1 N–H and O–H groups in total. The molecule has 0 heterocycles. The van der Waals surface area contributed by atoms with Crippen LogP contribution in [0.4, 0.5) is 0 Å². The van der Waals surface area contributed by atoms with Crippen LogP contribution in [0.2, 0.25) is 5.04 Å². The summed E-state index contributed by atoms with van der Waals surface area (Å²) in [6, 6.07) is 30.2. The Bertz CT molecular complexity index is 1120. The van der Waals surface area contributed by atoms with Gasteiger partial charge in [-0.1, -0.05) is 99.6 Å². The van der Waals surface area contributed by atoms with E-state index in [9.17, 15) is 9.90 Å². The van der Waals surface area contributed by atoms with E-state index in [2.05, 4.69) is 69.3 Å². The number of fused-ring (bicyclic) bond motifs is 1. The molecule has 3 aromatic rings. The van der Waals surface area contributed by atoms with Crippen molar-refractivity contribution in [1.82, 2.24) is 0 Å². The van der Waals surface area contributed by atoms with Crippen LogP contribution in [0.25, 0.3) is 0 Å². The molecule has 2 aliphatic rings. The molecular weight excluding hydrogens is 452 g/mol. The van der Waals surface area contributed by atoms with Crippen LogP contribution in [0, 0.1) is 11.3 Å². The maximum atomic E-state index is 12.7. The van der Waals surface area contributed by atoms with Crippen molar-refractivity contribution in [3.63, 3.8) is 0 Å². The van der Waals surface area contributed by atoms with Crippen molar-refractivity contribution >= 4 is 24.7 Å². The summed E-state index contributed by atoms with van der Waals surface area (Å²) in [6.07, 6.45) is 0.465. The summed E-state index contributed by atoms with van der Waals surface area (Å²) < 4.78 is 13.0. The van der Waals surface area contributed by atoms with Crippen LogP contribution in [-0.2, 0) is 9.16 Å². The third-order valence-corrected chi connectivity index (χ3v) is 13.0. The first-order valence-corrected chi connectivity index (χ1v) is 14.4. The van der Waals surface area contributed by atoms with Crippen molar-refractivity contribution in [3.8, 4) is 0 Å². The van der Waals surface area contributed by atoms with Crippen LogP contribution in [0.5, 0.6) is 0 Å². The minimum atomic E-state index is -2.69. The Morgan fingerprint density at radius 1 is 0.914 bits per heavy atom. The van der Waals surface area contributed by atoms with Gasteiger partial charge in [-0.25, -0.2) is 4.79 Å². The van der Waals surface area contributed by atoms with E-state index in [4.69, 9.17) is 9.16 Å². The number of carbonyl (C=O) groups is 1. The predicted octanol–water partition coefficient (Wildman–Crippen LogP) is 4.56. The standard InChI is InChI=1S/C30H34O4Si/c1-29(2,3)35(23-15-9-5-10-16-23,24-17-11-6-12-18-24)33-21-30-20-25(30)26(19-27(30)31)34-28(32)22-13-7-4-8-14-22/h4-18,25-27,31H,19-21H2,1-3H3/t25-,26-,27+,30+/m1/s1. The summed E-state index contributed by atoms with van der Waals surface area (Å²) in [6.45, 7) is 7.25. The quantitative estimate of drug-likeness (QED) is 0.393. The number of carbonyl (C=O) groups excluding carboxylic acids is 1. The molecule has 0 aromatic heterocycles. The second kappa shape index (κ2) is 9.05. The Kier molecular flexibility index (Phi) is 6.20. The van der Waals surface area contributed by atoms with Gasteiger partial charge in [0, 0.05) is 24.4 Å². The van der Waals surface area contributed by atoms with Gasteiger partial charge in [0.2, 0.25) is 0 Å². The van der Waals surface area contributed by atoms with Crippen molar-refractivity contribution in [3.05, 3.63) is 96.6 Å². The topological polar surface area (TPSA) is 55.8 Å². The minimum absolute atomic E-state index is 0.126. The molecule has 4 nitrogen and oxygen atoms in total. The summed E-state index contributed by atoms with van der Waals surface area (Å²) in [5.74, 6) is -0.193. The van der Waals surface area contributed by atoms with Crippen molar-refractivity contribution < 1.29 is 19.1 Å². The molecule has 182 valence electrons. The van der Waals surface area contributed by atoms with Gasteiger partial charge in [0.1, 0.15) is 6.10 Å². The lowest BCUT2D eigenvalue weighted by atomic mass is 10.0. The van der Waals surface area contributed by atoms with Gasteiger partial charge in [-0.15, -0.1) is 0 Å². The number of aliphatic hydroxyl groups excluding tert-OH is 1. The molecule has 5 rings (SSSR count). The van der Waals surface area contributed by atoms with Crippen LogP contribution in [-0.4, -0.2) is 38.2 Å². The fourth-order valence-electron chi connectivity index (χ4n) is 6.03. The number of aliphatic hydroxyl groups is 1. The molecule has 5 heteroatoms. The first-order valence-electron chi connectivity index (χ1n) is 12.5. The highest BCUT2D eigenvalue weighted by Crippen LogP contribution is 2.64. The number of rotatable bonds is 7. The van der Waals surface area contributed by atoms with E-state index in [0.717, 1.165) is 6.42 Å². The number of hydrogen-bond donors (Lipinski definition) is 1. The lowest BCUT2D eigenvalue weighted by Gasteiger charge is -2.44. The van der Waals surface area contributed by atoms with Crippen LogP contribution in [0.1, 0.15) is 44.0 Å². The second-order valence-electron chi connectivity index (χ2n) is 11.1. The lowest BCUT2D eigenvalue weighted by Crippen LogP contribution is -2.67. The van der Waals surface area contributed by atoms with Gasteiger partial charge in [-0.05, 0) is 34.0 Å². The summed E-state index contributed by atoms with van der Waals surface area (Å²) >= 11 is 0. The Hall–Kier alpha value is -2.73. The van der Waals surface area contributed by atoms with Crippen molar-refractivity contribution in [2.75, 3.05) is 6.61 Å². The van der Waals surface area contributed by atoms with Gasteiger partial charge in [0.25, 0.3) is 8.32 Å². The molecule has 0 saturated heterocycles. The molecule has 0 unspecified atom stereocenters. The Morgan fingerprint density at radius 3 is 1.91 bits per heavy atom. The SMILES string of the molecule is CC(C)(C)[Si](OC[C@@]12C[C@@H]1[C@H](OC(=O)c1ccccc1)C[C@@H]2O)(c1ccccc1)c1ccccc1. The number of benzene rings is 3. The summed E-state index contributed by atoms with van der Waals surface area (Å²) in [5, 5.41) is 13.5. The van der Waals surface area contributed by atoms with Gasteiger partial charge in [-0.2, -0.15) is 0 Å². The third kappa shape index (κ3) is 4.16. The molecular formula is C30H34O4Si. The molecule has 3 aromatic carbocycles. The van der Waals surface area contributed by atoms with E-state index in [0.29, 0.717) is 18.6 Å². The fourth-order valence-corrected chi connectivity index (χ4v) is 10.7. The molecule has 0 spiro atoms. The molecule has 35 heavy (non-hydrogen) atoms. The van der Waals surface area contributed by atoms with E-state index in [1.807, 2.05) is 30.3 Å². The zero-order valence-corrected chi connectivity index (χ0v) is 21.7. The van der Waals surface area contributed by atoms with Crippen LogP contribution < -0.4 is 10.4 Å². The maximum absolute atomic E-state index is 12.7. The Labute approximate surface area is 209 Å². The van der Waals surface area contributed by atoms with Gasteiger partial charge in [-0.3, -0.25) is 0 Å². The maximum Gasteiger partial charge on any atom is 0.338 e. The zero-order chi connectivity index (χ0) is 24.7. The van der Waals surface area contributed by atoms with E-state index in [1.165, 1.54) is 10.4 Å². The van der Waals surface area contributed by atoms with Gasteiger partial charge in [0.05, 0.1) is 11.7 Å². The van der Waals surface area contributed by atoms with E-state index < -0.39 is 14.4 Å². The van der Waals surface area contributed by atoms with Crippen LogP contribution in [0.15, 0.2) is 91.0 Å². The average molecular weight is 487 g/mol. The Balaban J connectivity index is 1.41. The molecule has 0 radical (unpaired) electrons. The van der Waals surface area contributed by atoms with Crippen molar-refractivity contribution in [1.29, 1.82) is 0 Å². The smallest absolute Gasteiger partial charge is 0.338 e. The highest BCUT2D eigenvalue weighted by molar-refractivity contribution is 6.99.